The average molecular weight is 490 g/mol. The van der Waals surface area contributed by atoms with Crippen molar-refractivity contribution in [1.82, 2.24) is 0 Å². The van der Waals surface area contributed by atoms with E-state index in [1.54, 1.807) is 0 Å². The van der Waals surface area contributed by atoms with Gasteiger partial charge in [-0.05, 0) is 5.02 Å². The van der Waals surface area contributed by atoms with Crippen molar-refractivity contribution in [3.8, 4) is 0 Å². The second-order valence-corrected chi connectivity index (χ2v) is 3.33. The molecule has 0 fully saturated rings. The van der Waals surface area contributed by atoms with Gasteiger partial charge in [-0.2, -0.15) is 12.5 Å². The molecule has 0 nitrogen and oxygen atoms in total. The average Bonchev–Trinajstić information content (AvgIpc) is 1.80. The third-order valence-corrected chi connectivity index (χ3v) is 2.30. The van der Waals surface area contributed by atoms with E-state index in [-0.39, 0.29) is 31.1 Å². The third-order valence-electron chi connectivity index (χ3n) is 1.01. The van der Waals surface area contributed by atoms with Crippen molar-refractivity contribution in [2.75, 3.05) is 0 Å². The van der Waals surface area contributed by atoms with Crippen molar-refractivity contribution in [2.45, 2.75) is 0 Å². The summed E-state index contributed by atoms with van der Waals surface area (Å²) >= 11 is 7.89. The van der Waals surface area contributed by atoms with Gasteiger partial charge in [-0.3, -0.25) is 0 Å². The summed E-state index contributed by atoms with van der Waals surface area (Å²) in [6.45, 7) is 3.79. The molecule has 0 aliphatic rings. The zero-order valence-corrected chi connectivity index (χ0v) is 12.3. The van der Waals surface area contributed by atoms with Gasteiger partial charge in [0.1, 0.15) is 0 Å². The van der Waals surface area contributed by atoms with Gasteiger partial charge in [0.15, 0.2) is 0 Å². The second-order valence-electron chi connectivity index (χ2n) is 1.74. The molecule has 0 aromatic heterocycles. The van der Waals surface area contributed by atoms with E-state index in [2.05, 4.69) is 29.5 Å². The van der Waals surface area contributed by atoms with E-state index >= 15 is 0 Å². The number of benzene rings is 1. The largest absolute Gasteiger partial charge is 0.198 e. The molecule has 0 amide bonds. The summed E-state index contributed by atoms with van der Waals surface area (Å²) in [4.78, 5) is 0. The number of rotatable bonds is 0. The molecule has 3 heteroatoms. The van der Waals surface area contributed by atoms with Crippen LogP contribution in [0.1, 0.15) is 5.56 Å². The molecule has 0 N–H and O–H groups in total. The first kappa shape index (κ1) is 11.2. The molecular weight excluding hydrogens is 484 g/mol. The van der Waals surface area contributed by atoms with Crippen LogP contribution in [0.15, 0.2) is 18.2 Å². The van der Waals surface area contributed by atoms with Crippen LogP contribution in [-0.2, 0) is 0 Å². The topological polar surface area (TPSA) is 0 Å². The van der Waals surface area contributed by atoms with E-state index in [4.69, 9.17) is 11.6 Å². The van der Waals surface area contributed by atoms with Crippen LogP contribution in [0.25, 0.3) is 0 Å². The molecule has 0 heterocycles. The smallest absolute Gasteiger partial charge is 0 e. The fourth-order valence-electron chi connectivity index (χ4n) is 0.543. The van der Waals surface area contributed by atoms with Crippen molar-refractivity contribution in [2.24, 2.45) is 0 Å². The zero-order chi connectivity index (χ0) is 6.85. The van der Waals surface area contributed by atoms with Crippen molar-refractivity contribution < 1.29 is 31.1 Å². The minimum atomic E-state index is 0. The summed E-state index contributed by atoms with van der Waals surface area (Å²) in [7, 11) is 0. The van der Waals surface area contributed by atoms with Gasteiger partial charge in [0.2, 0.25) is 0 Å². The Hall–Kier alpha value is 1.16. The monoisotopic (exact) mass is 489 g/mol. The molecule has 0 saturated heterocycles. The molecule has 1 aromatic carbocycles. The Bertz CT molecular complexity index is 225. The van der Waals surface area contributed by atoms with Gasteiger partial charge >= 0.3 is 0 Å². The van der Waals surface area contributed by atoms with Crippen molar-refractivity contribution in [3.63, 3.8) is 0 Å². The molecule has 0 aliphatic heterocycles. The predicted molar refractivity (Wildman–Crippen MR) is 48.6 cm³/mol. The molecule has 0 aliphatic carbocycles. The van der Waals surface area contributed by atoms with Crippen LogP contribution in [0.5, 0.6) is 0 Å². The molecule has 0 saturated carbocycles. The maximum atomic E-state index is 5.67. The molecule has 52 valence electrons. The predicted octanol–water partition coefficient (Wildman–Crippen LogP) is 3.13. The van der Waals surface area contributed by atoms with Gasteiger partial charge < -0.3 is 0 Å². The molecule has 1 rings (SSSR count). The molecule has 1 aromatic rings. The number of hydrogen-bond acceptors (Lipinski definition) is 0. The minimum absolute atomic E-state index is 0. The Labute approximate surface area is 103 Å². The number of halogens is 2. The maximum absolute atomic E-state index is 5.67. The fraction of sp³-hybridized carbons (Fsp3) is 0. The standard InChI is InChI=1S/C7H5ClI.U/c1-5-4-6(8)2-3-7(5)9;/h2-4H,1H2;/q-1;. The summed E-state index contributed by atoms with van der Waals surface area (Å²) in [5, 5.41) is 0.750. The van der Waals surface area contributed by atoms with Gasteiger partial charge in [0, 0.05) is 31.1 Å². The molecule has 0 radical (unpaired) electrons. The first-order valence-corrected chi connectivity index (χ1v) is 3.93. The van der Waals surface area contributed by atoms with Gasteiger partial charge in [-0.1, -0.05) is 21.2 Å². The summed E-state index contributed by atoms with van der Waals surface area (Å²) in [5.74, 6) is 0. The summed E-state index contributed by atoms with van der Waals surface area (Å²) in [6.07, 6.45) is 0. The van der Waals surface area contributed by atoms with Crippen LogP contribution in [0.2, 0.25) is 5.02 Å². The van der Waals surface area contributed by atoms with Gasteiger partial charge in [0.25, 0.3) is 0 Å². The second kappa shape index (κ2) is 4.92. The Morgan fingerprint density at radius 1 is 1.40 bits per heavy atom. The van der Waals surface area contributed by atoms with Crippen LogP contribution in [0.4, 0.5) is 0 Å². The van der Waals surface area contributed by atoms with E-state index in [1.807, 2.05) is 18.2 Å². The molecule has 0 spiro atoms. The van der Waals surface area contributed by atoms with Crippen molar-refractivity contribution in [3.05, 3.63) is 39.3 Å². The van der Waals surface area contributed by atoms with Crippen LogP contribution < -0.4 is 0 Å². The minimum Gasteiger partial charge on any atom is -0.198 e. The van der Waals surface area contributed by atoms with Gasteiger partial charge in [0.05, 0.1) is 0 Å². The van der Waals surface area contributed by atoms with E-state index in [0.29, 0.717) is 0 Å². The Morgan fingerprint density at radius 3 is 2.40 bits per heavy atom. The summed E-state index contributed by atoms with van der Waals surface area (Å²) in [6, 6.07) is 5.66. The summed E-state index contributed by atoms with van der Waals surface area (Å²) in [5.41, 5.74) is 0.989. The maximum Gasteiger partial charge on any atom is 0 e. The molecule has 0 atom stereocenters. The van der Waals surface area contributed by atoms with Crippen LogP contribution in [0, 0.1) is 41.6 Å². The first-order chi connectivity index (χ1) is 4.20. The Kier molecular flexibility index (Phi) is 5.50. The zero-order valence-electron chi connectivity index (χ0n) is 5.20. The van der Waals surface area contributed by atoms with E-state index in [1.165, 1.54) is 0 Å². The Morgan fingerprint density at radius 2 is 2.00 bits per heavy atom. The van der Waals surface area contributed by atoms with Crippen molar-refractivity contribution in [1.29, 1.82) is 0 Å². The van der Waals surface area contributed by atoms with Crippen LogP contribution in [0.3, 0.4) is 0 Å². The number of hydrogen-bond donors (Lipinski definition) is 0. The molecule has 10 heavy (non-hydrogen) atoms. The van der Waals surface area contributed by atoms with Crippen molar-refractivity contribution >= 4 is 34.2 Å². The van der Waals surface area contributed by atoms with E-state index in [9.17, 15) is 0 Å². The van der Waals surface area contributed by atoms with E-state index < -0.39 is 0 Å². The van der Waals surface area contributed by atoms with Crippen LogP contribution in [-0.4, -0.2) is 0 Å². The summed E-state index contributed by atoms with van der Waals surface area (Å²) < 4.78 is 1.15. The quantitative estimate of drug-likeness (QED) is 0.388. The molecule has 0 bridgehead atoms. The molecular formula is C7H5ClIU-. The fourth-order valence-corrected chi connectivity index (χ4v) is 1.07. The normalized spacial score (nSPS) is 8.60. The van der Waals surface area contributed by atoms with E-state index in [0.717, 1.165) is 14.2 Å². The Balaban J connectivity index is 0.000000810. The van der Waals surface area contributed by atoms with Gasteiger partial charge in [-0.15, -0.1) is 34.7 Å². The first-order valence-electron chi connectivity index (χ1n) is 2.47. The SMILES string of the molecule is [CH2-]c1cc(Cl)ccc1I.[U]. The van der Waals surface area contributed by atoms with Crippen LogP contribution >= 0.6 is 34.2 Å². The van der Waals surface area contributed by atoms with Gasteiger partial charge in [-0.25, -0.2) is 0 Å². The molecule has 0 unspecified atom stereocenters. The third kappa shape index (κ3) is 3.04.